The number of rotatable bonds is 5. The van der Waals surface area contributed by atoms with E-state index in [4.69, 9.17) is 11.6 Å². The number of thiazole rings is 1. The van der Waals surface area contributed by atoms with Gasteiger partial charge in [-0.25, -0.2) is 9.97 Å². The summed E-state index contributed by atoms with van der Waals surface area (Å²) in [5.41, 5.74) is 0. The molecule has 96 valence electrons. The Morgan fingerprint density at radius 2 is 2.28 bits per heavy atom. The zero-order valence-electron chi connectivity index (χ0n) is 10.1. The fourth-order valence-electron chi connectivity index (χ4n) is 1.50. The van der Waals surface area contributed by atoms with Crippen molar-refractivity contribution in [2.45, 2.75) is 19.4 Å². The predicted molar refractivity (Wildman–Crippen MR) is 75.4 cm³/mol. The van der Waals surface area contributed by atoms with Crippen LogP contribution in [0.4, 0.5) is 11.8 Å². The Morgan fingerprint density at radius 1 is 1.44 bits per heavy atom. The third kappa shape index (κ3) is 2.88. The highest BCUT2D eigenvalue weighted by Crippen LogP contribution is 2.27. The van der Waals surface area contributed by atoms with Crippen LogP contribution >= 0.6 is 22.9 Å². The maximum atomic E-state index is 6.08. The van der Waals surface area contributed by atoms with E-state index >= 15 is 0 Å². The van der Waals surface area contributed by atoms with Crippen LogP contribution in [-0.2, 0) is 0 Å². The molecule has 1 unspecified atom stereocenters. The summed E-state index contributed by atoms with van der Waals surface area (Å²) in [5, 5.41) is 9.67. The molecule has 2 aromatic heterocycles. The summed E-state index contributed by atoms with van der Waals surface area (Å²) >= 11 is 7.70. The zero-order valence-corrected chi connectivity index (χ0v) is 11.7. The van der Waals surface area contributed by atoms with Crippen molar-refractivity contribution in [1.82, 2.24) is 15.0 Å². The van der Waals surface area contributed by atoms with E-state index in [1.165, 1.54) is 0 Å². The molecule has 0 aliphatic heterocycles. The van der Waals surface area contributed by atoms with Crippen molar-refractivity contribution in [2.75, 3.05) is 17.7 Å². The van der Waals surface area contributed by atoms with E-state index in [-0.39, 0.29) is 6.04 Å². The molecular formula is C11H14ClN5S. The Bertz CT molecular complexity index is 502. The molecule has 0 fully saturated rings. The largest absolute Gasteiger partial charge is 0.359 e. The van der Waals surface area contributed by atoms with Gasteiger partial charge in [0.25, 0.3) is 0 Å². The molecule has 0 spiro atoms. The quantitative estimate of drug-likeness (QED) is 0.882. The van der Waals surface area contributed by atoms with Crippen molar-refractivity contribution < 1.29 is 0 Å². The van der Waals surface area contributed by atoms with Gasteiger partial charge in [-0.2, -0.15) is 4.98 Å². The minimum atomic E-state index is 0.113. The molecule has 18 heavy (non-hydrogen) atoms. The van der Waals surface area contributed by atoms with Gasteiger partial charge in [-0.15, -0.1) is 11.3 Å². The van der Waals surface area contributed by atoms with Crippen molar-refractivity contribution in [3.8, 4) is 0 Å². The summed E-state index contributed by atoms with van der Waals surface area (Å²) in [6.45, 7) is 2.09. The van der Waals surface area contributed by atoms with Gasteiger partial charge in [0.05, 0.1) is 12.2 Å². The summed E-state index contributed by atoms with van der Waals surface area (Å²) in [5.74, 6) is 1.16. The third-order valence-electron chi connectivity index (χ3n) is 2.44. The monoisotopic (exact) mass is 283 g/mol. The number of nitrogens with zero attached hydrogens (tertiary/aromatic N) is 3. The van der Waals surface area contributed by atoms with Gasteiger partial charge >= 0.3 is 0 Å². The topological polar surface area (TPSA) is 62.7 Å². The summed E-state index contributed by atoms with van der Waals surface area (Å²) < 4.78 is 0. The van der Waals surface area contributed by atoms with E-state index in [2.05, 4.69) is 32.5 Å². The van der Waals surface area contributed by atoms with Crippen LogP contribution in [0.3, 0.4) is 0 Å². The van der Waals surface area contributed by atoms with Crippen LogP contribution < -0.4 is 10.6 Å². The van der Waals surface area contributed by atoms with Gasteiger partial charge in [-0.1, -0.05) is 18.5 Å². The van der Waals surface area contributed by atoms with Gasteiger partial charge < -0.3 is 10.6 Å². The lowest BCUT2D eigenvalue weighted by molar-refractivity contribution is 0.737. The van der Waals surface area contributed by atoms with Crippen LogP contribution in [0.15, 0.2) is 17.8 Å². The lowest BCUT2D eigenvalue weighted by atomic mass is 10.2. The highest BCUT2D eigenvalue weighted by molar-refractivity contribution is 7.09. The van der Waals surface area contributed by atoms with E-state index in [1.807, 2.05) is 5.38 Å². The Kier molecular flexibility index (Phi) is 4.33. The van der Waals surface area contributed by atoms with Gasteiger partial charge in [-0.3, -0.25) is 0 Å². The number of aromatic nitrogens is 3. The normalized spacial score (nSPS) is 12.2. The molecule has 0 amide bonds. The number of anilines is 2. The third-order valence-corrected chi connectivity index (χ3v) is 3.60. The summed E-state index contributed by atoms with van der Waals surface area (Å²) in [6, 6.07) is 0.113. The van der Waals surface area contributed by atoms with Crippen LogP contribution in [0.1, 0.15) is 24.4 Å². The fraction of sp³-hybridized carbons (Fsp3) is 0.364. The Labute approximate surface area is 115 Å². The Balaban J connectivity index is 2.21. The van der Waals surface area contributed by atoms with E-state index < -0.39 is 0 Å². The van der Waals surface area contributed by atoms with Crippen molar-refractivity contribution in [3.63, 3.8) is 0 Å². The molecule has 7 heteroatoms. The highest BCUT2D eigenvalue weighted by Gasteiger charge is 2.14. The minimum Gasteiger partial charge on any atom is -0.359 e. The van der Waals surface area contributed by atoms with Crippen LogP contribution in [-0.4, -0.2) is 22.0 Å². The first-order valence-electron chi connectivity index (χ1n) is 5.60. The SMILES string of the molecule is CCC(Nc1nc(NC)ncc1Cl)c1nccs1. The van der Waals surface area contributed by atoms with E-state index in [0.29, 0.717) is 16.8 Å². The standard InChI is InChI=1S/C11H14ClN5S/c1-3-8(10-14-4-5-18-10)16-9-7(12)6-15-11(13-2)17-9/h4-6,8H,3H2,1-2H3,(H2,13,15,16,17). The Hall–Kier alpha value is -1.40. The average molecular weight is 284 g/mol. The van der Waals surface area contributed by atoms with E-state index in [1.54, 1.807) is 30.8 Å². The number of halogens is 1. The van der Waals surface area contributed by atoms with E-state index in [9.17, 15) is 0 Å². The molecule has 0 aliphatic rings. The molecule has 1 atom stereocenters. The number of hydrogen-bond donors (Lipinski definition) is 2. The zero-order chi connectivity index (χ0) is 13.0. The summed E-state index contributed by atoms with van der Waals surface area (Å²) in [7, 11) is 1.77. The van der Waals surface area contributed by atoms with Gasteiger partial charge in [0, 0.05) is 18.6 Å². The predicted octanol–water partition coefficient (Wildman–Crippen LogP) is 3.19. The molecule has 2 heterocycles. The molecule has 2 aromatic rings. The molecule has 2 rings (SSSR count). The first-order chi connectivity index (χ1) is 8.74. The second-order valence-corrected chi connectivity index (χ2v) is 4.95. The van der Waals surface area contributed by atoms with Crippen molar-refractivity contribution >= 4 is 34.7 Å². The van der Waals surface area contributed by atoms with Crippen molar-refractivity contribution in [2.24, 2.45) is 0 Å². The van der Waals surface area contributed by atoms with E-state index in [0.717, 1.165) is 11.4 Å². The minimum absolute atomic E-state index is 0.113. The molecule has 0 aromatic carbocycles. The molecule has 0 bridgehead atoms. The maximum absolute atomic E-state index is 6.08. The molecule has 0 radical (unpaired) electrons. The smallest absolute Gasteiger partial charge is 0.224 e. The maximum Gasteiger partial charge on any atom is 0.224 e. The first kappa shape index (κ1) is 13.0. The molecule has 5 nitrogen and oxygen atoms in total. The lowest BCUT2D eigenvalue weighted by Gasteiger charge is -2.16. The van der Waals surface area contributed by atoms with Gasteiger partial charge in [0.15, 0.2) is 5.82 Å². The molecular weight excluding hydrogens is 270 g/mol. The van der Waals surface area contributed by atoms with Gasteiger partial charge in [0.1, 0.15) is 10.0 Å². The van der Waals surface area contributed by atoms with Crippen LogP contribution in [0.5, 0.6) is 0 Å². The summed E-state index contributed by atoms with van der Waals surface area (Å²) in [4.78, 5) is 12.7. The first-order valence-corrected chi connectivity index (χ1v) is 6.86. The molecule has 0 aliphatic carbocycles. The van der Waals surface area contributed by atoms with Crippen LogP contribution in [0, 0.1) is 0 Å². The Morgan fingerprint density at radius 3 is 2.89 bits per heavy atom. The van der Waals surface area contributed by atoms with Crippen molar-refractivity contribution in [1.29, 1.82) is 0 Å². The number of nitrogens with one attached hydrogen (secondary N) is 2. The molecule has 0 saturated heterocycles. The second-order valence-electron chi connectivity index (χ2n) is 3.62. The van der Waals surface area contributed by atoms with Crippen LogP contribution in [0.25, 0.3) is 0 Å². The average Bonchev–Trinajstić information content (AvgIpc) is 2.91. The second kappa shape index (κ2) is 5.97. The van der Waals surface area contributed by atoms with Gasteiger partial charge in [-0.05, 0) is 6.42 Å². The van der Waals surface area contributed by atoms with Crippen LogP contribution in [0.2, 0.25) is 5.02 Å². The van der Waals surface area contributed by atoms with Crippen molar-refractivity contribution in [3.05, 3.63) is 27.8 Å². The lowest BCUT2D eigenvalue weighted by Crippen LogP contribution is -2.12. The van der Waals surface area contributed by atoms with Gasteiger partial charge in [0.2, 0.25) is 5.95 Å². The molecule has 0 saturated carbocycles. The number of hydrogen-bond acceptors (Lipinski definition) is 6. The molecule has 2 N–H and O–H groups in total. The summed E-state index contributed by atoms with van der Waals surface area (Å²) in [6.07, 6.45) is 4.28. The fourth-order valence-corrected chi connectivity index (χ4v) is 2.42. The highest BCUT2D eigenvalue weighted by atomic mass is 35.5.